The van der Waals surface area contributed by atoms with Crippen LogP contribution in [-0.2, 0) is 26.4 Å². The number of hydrogen-bond donors (Lipinski definition) is 0. The van der Waals surface area contributed by atoms with Gasteiger partial charge in [0.25, 0.3) is 0 Å². The third-order valence-electron chi connectivity index (χ3n) is 5.47. The minimum absolute atomic E-state index is 0.0332. The highest BCUT2D eigenvalue weighted by Crippen LogP contribution is 2.31. The van der Waals surface area contributed by atoms with E-state index in [1.54, 1.807) is 18.3 Å². The van der Waals surface area contributed by atoms with Crippen molar-refractivity contribution >= 4 is 25.5 Å². The Hall–Kier alpha value is -3.10. The maximum Gasteiger partial charge on any atom is 0.339 e. The predicted molar refractivity (Wildman–Crippen MR) is 127 cm³/mol. The Kier molecular flexibility index (Phi) is 6.32. The van der Waals surface area contributed by atoms with Gasteiger partial charge < -0.3 is 8.58 Å². The molecule has 172 valence electrons. The molecule has 0 atom stereocenters. The third-order valence-corrected chi connectivity index (χ3v) is 8.56. The summed E-state index contributed by atoms with van der Waals surface area (Å²) >= 11 is 0. The highest BCUT2D eigenvalue weighted by Gasteiger charge is 2.25. The minimum Gasteiger partial charge on any atom is -0.379 e. The third kappa shape index (κ3) is 4.67. The van der Waals surface area contributed by atoms with Gasteiger partial charge >= 0.3 is 10.1 Å². The van der Waals surface area contributed by atoms with E-state index in [-0.39, 0.29) is 20.4 Å². The molecule has 4 aromatic rings. The van der Waals surface area contributed by atoms with Crippen molar-refractivity contribution in [1.82, 2.24) is 4.40 Å². The van der Waals surface area contributed by atoms with E-state index < -0.39 is 20.0 Å². The Labute approximate surface area is 194 Å². The van der Waals surface area contributed by atoms with Gasteiger partial charge in [0.05, 0.1) is 9.79 Å². The van der Waals surface area contributed by atoms with E-state index in [9.17, 15) is 16.8 Å². The van der Waals surface area contributed by atoms with Crippen molar-refractivity contribution in [3.63, 3.8) is 0 Å². The van der Waals surface area contributed by atoms with Gasteiger partial charge in [-0.05, 0) is 73.9 Å². The first-order valence-corrected chi connectivity index (χ1v) is 13.6. The molecule has 0 spiro atoms. The summed E-state index contributed by atoms with van der Waals surface area (Å²) in [5.41, 5.74) is 2.59. The second kappa shape index (κ2) is 9.03. The van der Waals surface area contributed by atoms with Crippen molar-refractivity contribution in [3.8, 4) is 5.75 Å². The first-order chi connectivity index (χ1) is 15.7. The highest BCUT2D eigenvalue weighted by atomic mass is 32.2. The number of unbranched alkanes of at least 4 members (excludes halogenated alkanes) is 1. The number of fused-ring (bicyclic) bond motifs is 1. The number of rotatable bonds is 8. The van der Waals surface area contributed by atoms with E-state index in [0.717, 1.165) is 29.5 Å². The van der Waals surface area contributed by atoms with Gasteiger partial charge in [0.15, 0.2) is 0 Å². The van der Waals surface area contributed by atoms with Crippen LogP contribution in [0.15, 0.2) is 93.8 Å². The standard InChI is InChI=1S/C25H25NO5S2/c1-3-4-7-23-24-8-5-6-17-26(24)18-25(23)32(27,28)21-15-11-20(12-16-21)31-33(29,30)22-13-9-19(2)10-14-22/h5-6,8-18H,3-4,7H2,1-2H3. The Morgan fingerprint density at radius 3 is 2.18 bits per heavy atom. The molecule has 0 unspecified atom stereocenters. The molecular weight excluding hydrogens is 458 g/mol. The van der Waals surface area contributed by atoms with E-state index in [1.165, 1.54) is 36.4 Å². The zero-order chi connectivity index (χ0) is 23.6. The summed E-state index contributed by atoms with van der Waals surface area (Å²) in [7, 11) is -7.82. The smallest absolute Gasteiger partial charge is 0.339 e. The van der Waals surface area contributed by atoms with Crippen LogP contribution in [0.1, 0.15) is 30.9 Å². The first kappa shape index (κ1) is 23.1. The summed E-state index contributed by atoms with van der Waals surface area (Å²) in [6.07, 6.45) is 5.95. The lowest BCUT2D eigenvalue weighted by atomic mass is 10.1. The SMILES string of the molecule is CCCCc1c(S(=O)(=O)c2ccc(OS(=O)(=O)c3ccc(C)cc3)cc2)cn2ccccc12. The molecule has 0 aliphatic rings. The van der Waals surface area contributed by atoms with Crippen LogP contribution >= 0.6 is 0 Å². The molecule has 0 amide bonds. The van der Waals surface area contributed by atoms with Gasteiger partial charge in [-0.15, -0.1) is 0 Å². The summed E-state index contributed by atoms with van der Waals surface area (Å²) < 4.78 is 59.0. The molecule has 0 aliphatic carbocycles. The Morgan fingerprint density at radius 2 is 1.52 bits per heavy atom. The van der Waals surface area contributed by atoms with E-state index in [0.29, 0.717) is 6.42 Å². The number of benzene rings is 2. The van der Waals surface area contributed by atoms with Crippen molar-refractivity contribution in [2.75, 3.05) is 0 Å². The van der Waals surface area contributed by atoms with E-state index in [4.69, 9.17) is 4.18 Å². The number of nitrogens with zero attached hydrogens (tertiary/aromatic N) is 1. The molecule has 6 nitrogen and oxygen atoms in total. The number of pyridine rings is 1. The van der Waals surface area contributed by atoms with Gasteiger partial charge in [-0.25, -0.2) is 8.42 Å². The average molecular weight is 484 g/mol. The molecule has 0 bridgehead atoms. The number of aryl methyl sites for hydroxylation is 2. The fourth-order valence-corrected chi connectivity index (χ4v) is 6.13. The van der Waals surface area contributed by atoms with Gasteiger partial charge in [0, 0.05) is 17.9 Å². The number of sulfone groups is 1. The van der Waals surface area contributed by atoms with E-state index in [1.807, 2.05) is 35.7 Å². The van der Waals surface area contributed by atoms with Crippen LogP contribution in [0, 0.1) is 6.92 Å². The molecule has 0 N–H and O–H groups in total. The van der Waals surface area contributed by atoms with Gasteiger partial charge in [-0.1, -0.05) is 37.1 Å². The van der Waals surface area contributed by atoms with Gasteiger partial charge in [-0.3, -0.25) is 0 Å². The van der Waals surface area contributed by atoms with E-state index >= 15 is 0 Å². The lowest BCUT2D eigenvalue weighted by Gasteiger charge is -2.09. The van der Waals surface area contributed by atoms with Crippen molar-refractivity contribution in [3.05, 3.63) is 90.3 Å². The largest absolute Gasteiger partial charge is 0.379 e. The molecule has 2 aromatic carbocycles. The zero-order valence-electron chi connectivity index (χ0n) is 18.4. The molecule has 4 rings (SSSR count). The minimum atomic E-state index is -4.02. The van der Waals surface area contributed by atoms with Crippen molar-refractivity contribution in [2.24, 2.45) is 0 Å². The second-order valence-corrected chi connectivity index (χ2v) is 11.4. The van der Waals surface area contributed by atoms with Gasteiger partial charge in [0.1, 0.15) is 10.6 Å². The molecule has 2 aromatic heterocycles. The highest BCUT2D eigenvalue weighted by molar-refractivity contribution is 7.91. The summed E-state index contributed by atoms with van der Waals surface area (Å²) in [5.74, 6) is 0.0442. The Bertz CT molecular complexity index is 1480. The lowest BCUT2D eigenvalue weighted by molar-refractivity contribution is 0.486. The molecule has 0 saturated carbocycles. The Balaban J connectivity index is 1.66. The lowest BCUT2D eigenvalue weighted by Crippen LogP contribution is -2.10. The molecule has 0 fully saturated rings. The van der Waals surface area contributed by atoms with Crippen LogP contribution in [0.2, 0.25) is 0 Å². The second-order valence-electron chi connectivity index (χ2n) is 7.89. The fraction of sp³-hybridized carbons (Fsp3) is 0.200. The average Bonchev–Trinajstić information content (AvgIpc) is 3.17. The maximum absolute atomic E-state index is 13.5. The van der Waals surface area contributed by atoms with Gasteiger partial charge in [0.2, 0.25) is 9.84 Å². The maximum atomic E-state index is 13.5. The quantitative estimate of drug-likeness (QED) is 0.322. The van der Waals surface area contributed by atoms with Crippen molar-refractivity contribution in [2.45, 2.75) is 47.8 Å². The first-order valence-electron chi connectivity index (χ1n) is 10.7. The van der Waals surface area contributed by atoms with Crippen molar-refractivity contribution < 1.29 is 21.0 Å². The summed E-state index contributed by atoms with van der Waals surface area (Å²) in [5, 5.41) is 0. The van der Waals surface area contributed by atoms with Crippen LogP contribution in [0.5, 0.6) is 5.75 Å². The molecule has 0 radical (unpaired) electrons. The van der Waals surface area contributed by atoms with E-state index in [2.05, 4.69) is 6.92 Å². The summed E-state index contributed by atoms with van der Waals surface area (Å²) in [4.78, 5) is 0.380. The zero-order valence-corrected chi connectivity index (χ0v) is 20.1. The topological polar surface area (TPSA) is 81.9 Å². The van der Waals surface area contributed by atoms with Gasteiger partial charge in [-0.2, -0.15) is 8.42 Å². The molecule has 0 aliphatic heterocycles. The number of aromatic nitrogens is 1. The monoisotopic (exact) mass is 483 g/mol. The number of hydrogen-bond acceptors (Lipinski definition) is 5. The molecular formula is C25H25NO5S2. The molecule has 0 saturated heterocycles. The van der Waals surface area contributed by atoms with Crippen LogP contribution in [0.25, 0.3) is 5.52 Å². The Morgan fingerprint density at radius 1 is 0.848 bits per heavy atom. The van der Waals surface area contributed by atoms with Crippen LogP contribution in [-0.4, -0.2) is 21.2 Å². The molecule has 2 heterocycles. The summed E-state index contributed by atoms with van der Waals surface area (Å²) in [6, 6.07) is 17.4. The predicted octanol–water partition coefficient (Wildman–Crippen LogP) is 5.19. The normalized spacial score (nSPS) is 12.2. The van der Waals surface area contributed by atoms with Crippen LogP contribution in [0.4, 0.5) is 0 Å². The molecule has 33 heavy (non-hydrogen) atoms. The van der Waals surface area contributed by atoms with Crippen molar-refractivity contribution in [1.29, 1.82) is 0 Å². The molecule has 8 heteroatoms. The van der Waals surface area contributed by atoms with Crippen LogP contribution < -0.4 is 4.18 Å². The van der Waals surface area contributed by atoms with Crippen LogP contribution in [0.3, 0.4) is 0 Å². The summed E-state index contributed by atoms with van der Waals surface area (Å²) in [6.45, 7) is 3.92. The fourth-order valence-electron chi connectivity index (χ4n) is 3.67.